The molecule has 1 amide bonds. The third-order valence-electron chi connectivity index (χ3n) is 3.01. The molecule has 0 unspecified atom stereocenters. The molecule has 0 aromatic heterocycles. The second-order valence-electron chi connectivity index (χ2n) is 4.45. The molecule has 0 radical (unpaired) electrons. The van der Waals surface area contributed by atoms with E-state index in [1.54, 1.807) is 6.92 Å². The highest BCUT2D eigenvalue weighted by Gasteiger charge is 2.10. The average Bonchev–Trinajstić information content (AvgIpc) is 2.15. The lowest BCUT2D eigenvalue weighted by Crippen LogP contribution is -2.33. The lowest BCUT2D eigenvalue weighted by Gasteiger charge is -2.19. The predicted molar refractivity (Wildman–Crippen MR) is 59.2 cm³/mol. The molecule has 1 aliphatic rings. The number of nitrogens with one attached hydrogen (secondary N) is 1. The highest BCUT2D eigenvalue weighted by atomic mass is 16.1. The molecule has 0 saturated heterocycles. The van der Waals surface area contributed by atoms with Gasteiger partial charge in [0.2, 0.25) is 5.91 Å². The molecule has 0 bridgehead atoms. The minimum Gasteiger partial charge on any atom is -0.354 e. The molecule has 0 aliphatic heterocycles. The van der Waals surface area contributed by atoms with Gasteiger partial charge in [0.1, 0.15) is 0 Å². The first-order chi connectivity index (χ1) is 6.79. The lowest BCUT2D eigenvalue weighted by atomic mass is 9.97. The smallest absolute Gasteiger partial charge is 0.217 e. The summed E-state index contributed by atoms with van der Waals surface area (Å²) in [4.78, 5) is 11.0. The molecule has 0 aromatic carbocycles. The van der Waals surface area contributed by atoms with Gasteiger partial charge in [0.05, 0.1) is 0 Å². The Balaban J connectivity index is 2.26. The molecule has 1 saturated carbocycles. The maximum atomic E-state index is 11.0. The Bertz CT molecular complexity index is 158. The maximum Gasteiger partial charge on any atom is 0.217 e. The predicted octanol–water partition coefficient (Wildman–Crippen LogP) is 3.02. The van der Waals surface area contributed by atoms with E-state index in [1.165, 1.54) is 57.8 Å². The van der Waals surface area contributed by atoms with Gasteiger partial charge < -0.3 is 5.32 Å². The van der Waals surface area contributed by atoms with Gasteiger partial charge >= 0.3 is 0 Å². The number of carbonyl (C=O) groups excluding carboxylic acids is 1. The Morgan fingerprint density at radius 1 is 0.929 bits per heavy atom. The van der Waals surface area contributed by atoms with Crippen LogP contribution in [0.5, 0.6) is 0 Å². The molecule has 1 rings (SSSR count). The van der Waals surface area contributed by atoms with Gasteiger partial charge in [-0.25, -0.2) is 0 Å². The van der Waals surface area contributed by atoms with Crippen LogP contribution in [-0.4, -0.2) is 11.9 Å². The van der Waals surface area contributed by atoms with Crippen LogP contribution < -0.4 is 5.32 Å². The van der Waals surface area contributed by atoms with Gasteiger partial charge in [-0.15, -0.1) is 0 Å². The van der Waals surface area contributed by atoms with Gasteiger partial charge in [-0.1, -0.05) is 44.9 Å². The van der Waals surface area contributed by atoms with Crippen molar-refractivity contribution >= 4 is 5.91 Å². The zero-order valence-electron chi connectivity index (χ0n) is 9.35. The van der Waals surface area contributed by atoms with Crippen LogP contribution in [0.4, 0.5) is 0 Å². The van der Waals surface area contributed by atoms with Gasteiger partial charge in [-0.05, 0) is 12.8 Å². The third-order valence-corrected chi connectivity index (χ3v) is 3.01. The van der Waals surface area contributed by atoms with Gasteiger partial charge in [0, 0.05) is 13.0 Å². The van der Waals surface area contributed by atoms with Crippen molar-refractivity contribution in [1.29, 1.82) is 0 Å². The Morgan fingerprint density at radius 2 is 1.36 bits per heavy atom. The molecule has 2 heteroatoms. The van der Waals surface area contributed by atoms with Crippen LogP contribution in [0.3, 0.4) is 0 Å². The number of amides is 1. The molecule has 1 aliphatic carbocycles. The molecule has 2 nitrogen and oxygen atoms in total. The lowest BCUT2D eigenvalue weighted by molar-refractivity contribution is -0.119. The van der Waals surface area contributed by atoms with E-state index < -0.39 is 0 Å². The van der Waals surface area contributed by atoms with E-state index in [1.807, 2.05) is 0 Å². The van der Waals surface area contributed by atoms with E-state index in [9.17, 15) is 4.79 Å². The second kappa shape index (κ2) is 6.86. The van der Waals surface area contributed by atoms with Gasteiger partial charge in [0.15, 0.2) is 0 Å². The Morgan fingerprint density at radius 3 is 1.79 bits per heavy atom. The van der Waals surface area contributed by atoms with Crippen molar-refractivity contribution in [2.75, 3.05) is 0 Å². The zero-order chi connectivity index (χ0) is 10.2. The fraction of sp³-hybridized carbons (Fsp3) is 0.917. The Kier molecular flexibility index (Phi) is 5.65. The van der Waals surface area contributed by atoms with E-state index in [2.05, 4.69) is 5.32 Å². The van der Waals surface area contributed by atoms with Crippen LogP contribution in [0.25, 0.3) is 0 Å². The summed E-state index contributed by atoms with van der Waals surface area (Å²) in [5.74, 6) is 0.132. The summed E-state index contributed by atoms with van der Waals surface area (Å²) in [6.07, 6.45) is 11.8. The van der Waals surface area contributed by atoms with Crippen LogP contribution in [0.2, 0.25) is 0 Å². The van der Waals surface area contributed by atoms with Crippen molar-refractivity contribution in [1.82, 2.24) is 5.32 Å². The van der Waals surface area contributed by atoms with Crippen molar-refractivity contribution in [3.8, 4) is 0 Å². The highest BCUT2D eigenvalue weighted by Crippen LogP contribution is 2.16. The van der Waals surface area contributed by atoms with Crippen molar-refractivity contribution in [2.24, 2.45) is 0 Å². The minimum absolute atomic E-state index is 0.132. The van der Waals surface area contributed by atoms with Gasteiger partial charge in [-0.3, -0.25) is 4.79 Å². The monoisotopic (exact) mass is 197 g/mol. The molecule has 0 spiro atoms. The third kappa shape index (κ3) is 5.25. The summed E-state index contributed by atoms with van der Waals surface area (Å²) in [7, 11) is 0. The van der Waals surface area contributed by atoms with Crippen molar-refractivity contribution < 1.29 is 4.79 Å². The standard InChI is InChI=1S/C12H23NO/c1-11(14)13-12-9-7-5-3-2-4-6-8-10-12/h12H,2-10H2,1H3,(H,13,14). The molecule has 0 aromatic rings. The topological polar surface area (TPSA) is 29.1 Å². The number of carbonyl (C=O) groups is 1. The molecular formula is C12H23NO. The first kappa shape index (κ1) is 11.5. The van der Waals surface area contributed by atoms with E-state index in [4.69, 9.17) is 0 Å². The fourth-order valence-corrected chi connectivity index (χ4v) is 2.24. The first-order valence-electron chi connectivity index (χ1n) is 6.06. The average molecular weight is 197 g/mol. The summed E-state index contributed by atoms with van der Waals surface area (Å²) in [5, 5.41) is 3.06. The largest absolute Gasteiger partial charge is 0.354 e. The van der Waals surface area contributed by atoms with E-state index in [0.717, 1.165) is 0 Å². The van der Waals surface area contributed by atoms with E-state index >= 15 is 0 Å². The van der Waals surface area contributed by atoms with Crippen LogP contribution in [-0.2, 0) is 4.79 Å². The highest BCUT2D eigenvalue weighted by molar-refractivity contribution is 5.73. The summed E-state index contributed by atoms with van der Waals surface area (Å²) < 4.78 is 0. The fourth-order valence-electron chi connectivity index (χ4n) is 2.24. The summed E-state index contributed by atoms with van der Waals surface area (Å²) in [6, 6.07) is 0.450. The number of hydrogen-bond donors (Lipinski definition) is 1. The Labute approximate surface area is 87.5 Å². The molecule has 0 heterocycles. The van der Waals surface area contributed by atoms with Crippen molar-refractivity contribution in [3.05, 3.63) is 0 Å². The SMILES string of the molecule is CC(=O)NC1CCCCCCCCC1. The summed E-state index contributed by atoms with van der Waals surface area (Å²) >= 11 is 0. The van der Waals surface area contributed by atoms with Crippen molar-refractivity contribution in [2.45, 2.75) is 70.8 Å². The summed E-state index contributed by atoms with van der Waals surface area (Å²) in [6.45, 7) is 1.62. The van der Waals surface area contributed by atoms with Crippen molar-refractivity contribution in [3.63, 3.8) is 0 Å². The van der Waals surface area contributed by atoms with Crippen LogP contribution in [0.1, 0.15) is 64.7 Å². The normalized spacial score (nSPS) is 21.5. The van der Waals surface area contributed by atoms with Crippen LogP contribution in [0, 0.1) is 0 Å². The maximum absolute atomic E-state index is 11.0. The van der Waals surface area contributed by atoms with E-state index in [0.29, 0.717) is 6.04 Å². The van der Waals surface area contributed by atoms with Crippen LogP contribution >= 0.6 is 0 Å². The molecule has 1 fully saturated rings. The second-order valence-corrected chi connectivity index (χ2v) is 4.45. The van der Waals surface area contributed by atoms with Gasteiger partial charge in [-0.2, -0.15) is 0 Å². The first-order valence-corrected chi connectivity index (χ1v) is 6.06. The molecule has 82 valence electrons. The molecule has 14 heavy (non-hydrogen) atoms. The Hall–Kier alpha value is -0.530. The molecule has 1 N–H and O–H groups in total. The number of rotatable bonds is 1. The molecular weight excluding hydrogens is 174 g/mol. The quantitative estimate of drug-likeness (QED) is 0.688. The van der Waals surface area contributed by atoms with E-state index in [-0.39, 0.29) is 5.91 Å². The number of hydrogen-bond acceptors (Lipinski definition) is 1. The summed E-state index contributed by atoms with van der Waals surface area (Å²) in [5.41, 5.74) is 0. The van der Waals surface area contributed by atoms with Crippen LogP contribution in [0.15, 0.2) is 0 Å². The van der Waals surface area contributed by atoms with Gasteiger partial charge in [0.25, 0.3) is 0 Å². The molecule has 0 atom stereocenters. The zero-order valence-corrected chi connectivity index (χ0v) is 9.35. The minimum atomic E-state index is 0.132.